The van der Waals surface area contributed by atoms with E-state index in [2.05, 4.69) is 10.1 Å². The number of hydrogen-bond acceptors (Lipinski definition) is 6. The summed E-state index contributed by atoms with van der Waals surface area (Å²) < 4.78 is 10.8. The summed E-state index contributed by atoms with van der Waals surface area (Å²) in [5.74, 6) is -0.0504. The van der Waals surface area contributed by atoms with Crippen molar-refractivity contribution in [1.82, 2.24) is 28.7 Å². The van der Waals surface area contributed by atoms with Crippen molar-refractivity contribution in [1.29, 1.82) is 0 Å². The molecule has 10 nitrogen and oxygen atoms in total. The van der Waals surface area contributed by atoms with Gasteiger partial charge in [-0.05, 0) is 44.2 Å². The van der Waals surface area contributed by atoms with Gasteiger partial charge in [-0.25, -0.2) is 28.5 Å². The second-order valence-electron chi connectivity index (χ2n) is 6.69. The molecule has 0 atom stereocenters. The summed E-state index contributed by atoms with van der Waals surface area (Å²) in [6, 6.07) is 8.56. The van der Waals surface area contributed by atoms with Gasteiger partial charge in [-0.2, -0.15) is 5.10 Å². The van der Waals surface area contributed by atoms with Gasteiger partial charge in [0.2, 0.25) is 0 Å². The van der Waals surface area contributed by atoms with Gasteiger partial charge in [0.1, 0.15) is 11.3 Å². The van der Waals surface area contributed by atoms with Crippen LogP contribution in [0.15, 0.2) is 46.1 Å². The molecule has 0 aliphatic heterocycles. The predicted molar refractivity (Wildman–Crippen MR) is 109 cm³/mol. The van der Waals surface area contributed by atoms with Crippen LogP contribution in [-0.4, -0.2) is 41.8 Å². The zero-order chi connectivity index (χ0) is 21.6. The highest BCUT2D eigenvalue weighted by molar-refractivity contribution is 6.00. The van der Waals surface area contributed by atoms with E-state index in [9.17, 15) is 14.4 Å². The van der Waals surface area contributed by atoms with Gasteiger partial charge in [0.15, 0.2) is 5.69 Å². The Kier molecular flexibility index (Phi) is 4.61. The van der Waals surface area contributed by atoms with Crippen LogP contribution in [0.5, 0.6) is 0 Å². The minimum Gasteiger partial charge on any atom is -0.464 e. The summed E-state index contributed by atoms with van der Waals surface area (Å²) >= 11 is 0. The quantitative estimate of drug-likeness (QED) is 0.470. The van der Waals surface area contributed by atoms with E-state index in [0.29, 0.717) is 34.6 Å². The second-order valence-corrected chi connectivity index (χ2v) is 6.69. The Morgan fingerprint density at radius 1 is 1.10 bits per heavy atom. The maximum Gasteiger partial charge on any atom is 0.358 e. The zero-order valence-electron chi connectivity index (χ0n) is 17.0. The second kappa shape index (κ2) is 7.14. The largest absolute Gasteiger partial charge is 0.464 e. The lowest BCUT2D eigenvalue weighted by atomic mass is 10.2. The zero-order valence-corrected chi connectivity index (χ0v) is 17.0. The van der Waals surface area contributed by atoms with Crippen LogP contribution in [0.2, 0.25) is 0 Å². The van der Waals surface area contributed by atoms with Crippen LogP contribution >= 0.6 is 0 Å². The number of ether oxygens (including phenoxy) is 1. The van der Waals surface area contributed by atoms with Gasteiger partial charge in [-0.3, -0.25) is 9.48 Å². The fraction of sp³-hybridized carbons (Fsp3) is 0.250. The number of methoxy groups -OCH3 is 1. The van der Waals surface area contributed by atoms with Crippen LogP contribution in [-0.2, 0) is 18.3 Å². The third-order valence-corrected chi connectivity index (χ3v) is 4.96. The minimum absolute atomic E-state index is 0.0851. The summed E-state index contributed by atoms with van der Waals surface area (Å²) in [7, 11) is 2.86. The van der Waals surface area contributed by atoms with E-state index < -0.39 is 5.97 Å². The fourth-order valence-electron chi connectivity index (χ4n) is 3.64. The molecule has 0 unspecified atom stereocenters. The molecule has 0 aliphatic carbocycles. The van der Waals surface area contributed by atoms with Crippen molar-refractivity contribution in [2.45, 2.75) is 20.4 Å². The lowest BCUT2D eigenvalue weighted by Crippen LogP contribution is -2.22. The standard InChI is InChI=1S/C20H20N6O4/c1-5-24-17-15(10-11-21-16(17)19(28)30-4)18(27)26(24)14-8-6-13(7-9-14)25-12(2)22-23(3)20(25)29/h6-11H,5H2,1-4H3. The van der Waals surface area contributed by atoms with E-state index in [4.69, 9.17) is 4.74 Å². The molecule has 0 fully saturated rings. The van der Waals surface area contributed by atoms with Crippen molar-refractivity contribution >= 4 is 16.9 Å². The molecule has 1 aromatic carbocycles. The first-order valence-electron chi connectivity index (χ1n) is 9.31. The number of benzene rings is 1. The molecule has 30 heavy (non-hydrogen) atoms. The van der Waals surface area contributed by atoms with Gasteiger partial charge >= 0.3 is 11.7 Å². The van der Waals surface area contributed by atoms with Gasteiger partial charge in [-0.15, -0.1) is 0 Å². The fourth-order valence-corrected chi connectivity index (χ4v) is 3.64. The summed E-state index contributed by atoms with van der Waals surface area (Å²) in [5.41, 5.74) is 1.20. The average Bonchev–Trinajstić information content (AvgIpc) is 3.19. The topological polar surface area (TPSA) is 106 Å². The molecule has 0 bridgehead atoms. The van der Waals surface area contributed by atoms with Gasteiger partial charge < -0.3 is 4.74 Å². The molecule has 0 saturated heterocycles. The highest BCUT2D eigenvalue weighted by atomic mass is 16.5. The number of nitrogens with zero attached hydrogens (tertiary/aromatic N) is 6. The Balaban J connectivity index is 1.92. The van der Waals surface area contributed by atoms with Crippen molar-refractivity contribution in [3.63, 3.8) is 0 Å². The van der Waals surface area contributed by atoms with Crippen LogP contribution in [0, 0.1) is 6.92 Å². The summed E-state index contributed by atoms with van der Waals surface area (Å²) in [5, 5.41) is 4.50. The minimum atomic E-state index is -0.610. The predicted octanol–water partition coefficient (Wildman–Crippen LogP) is 1.19. The smallest absolute Gasteiger partial charge is 0.358 e. The van der Waals surface area contributed by atoms with Crippen molar-refractivity contribution in [3.05, 3.63) is 68.9 Å². The van der Waals surface area contributed by atoms with Crippen LogP contribution in [0.25, 0.3) is 22.3 Å². The van der Waals surface area contributed by atoms with Crippen molar-refractivity contribution in [2.24, 2.45) is 7.05 Å². The van der Waals surface area contributed by atoms with Crippen LogP contribution in [0.4, 0.5) is 0 Å². The van der Waals surface area contributed by atoms with E-state index in [1.165, 1.54) is 27.2 Å². The molecule has 0 saturated carbocycles. The first-order valence-corrected chi connectivity index (χ1v) is 9.31. The maximum atomic E-state index is 13.1. The third kappa shape index (κ3) is 2.76. The van der Waals surface area contributed by atoms with E-state index in [-0.39, 0.29) is 16.9 Å². The molecule has 0 N–H and O–H groups in total. The molecular formula is C20H20N6O4. The number of aryl methyl sites for hydroxylation is 3. The van der Waals surface area contributed by atoms with E-state index in [1.54, 1.807) is 49.0 Å². The number of pyridine rings is 1. The molecule has 0 spiro atoms. The number of esters is 1. The molecule has 10 heteroatoms. The molecule has 3 aromatic heterocycles. The molecule has 4 aromatic rings. The number of carbonyl (C=O) groups is 1. The molecule has 154 valence electrons. The Morgan fingerprint density at radius 2 is 1.77 bits per heavy atom. The lowest BCUT2D eigenvalue weighted by molar-refractivity contribution is 0.0596. The first-order chi connectivity index (χ1) is 14.4. The molecule has 0 amide bonds. The first kappa shape index (κ1) is 19.4. The van der Waals surface area contributed by atoms with Crippen molar-refractivity contribution in [3.8, 4) is 11.4 Å². The monoisotopic (exact) mass is 408 g/mol. The summed E-state index contributed by atoms with van der Waals surface area (Å²) in [4.78, 5) is 41.7. The molecule has 0 aliphatic rings. The maximum absolute atomic E-state index is 13.1. The van der Waals surface area contributed by atoms with Crippen LogP contribution in [0.1, 0.15) is 23.2 Å². The highest BCUT2D eigenvalue weighted by Gasteiger charge is 2.22. The number of carbonyl (C=O) groups excluding carboxylic acids is 1. The average molecular weight is 408 g/mol. The van der Waals surface area contributed by atoms with E-state index >= 15 is 0 Å². The molecular weight excluding hydrogens is 388 g/mol. The van der Waals surface area contributed by atoms with Gasteiger partial charge in [0.25, 0.3) is 5.56 Å². The third-order valence-electron chi connectivity index (χ3n) is 4.96. The highest BCUT2D eigenvalue weighted by Crippen LogP contribution is 2.20. The Morgan fingerprint density at radius 3 is 2.33 bits per heavy atom. The van der Waals surface area contributed by atoms with Crippen LogP contribution in [0.3, 0.4) is 0 Å². The number of fused-ring (bicyclic) bond motifs is 1. The molecule has 4 rings (SSSR count). The lowest BCUT2D eigenvalue weighted by Gasteiger charge is -2.12. The number of hydrogen-bond donors (Lipinski definition) is 0. The molecule has 0 radical (unpaired) electrons. The summed E-state index contributed by atoms with van der Waals surface area (Å²) in [6.45, 7) is 4.05. The van der Waals surface area contributed by atoms with Gasteiger partial charge in [-0.1, -0.05) is 0 Å². The normalized spacial score (nSPS) is 11.2. The Bertz CT molecular complexity index is 1390. The SMILES string of the molecule is CCn1c2c(C(=O)OC)nccc2c(=O)n1-c1ccc(-n2c(C)nn(C)c2=O)cc1. The van der Waals surface area contributed by atoms with E-state index in [0.717, 1.165) is 0 Å². The number of rotatable bonds is 4. The Labute approximate surface area is 170 Å². The van der Waals surface area contributed by atoms with Crippen molar-refractivity contribution in [2.75, 3.05) is 7.11 Å². The van der Waals surface area contributed by atoms with Crippen molar-refractivity contribution < 1.29 is 9.53 Å². The number of aromatic nitrogens is 6. The van der Waals surface area contributed by atoms with Gasteiger partial charge in [0, 0.05) is 19.8 Å². The van der Waals surface area contributed by atoms with Gasteiger partial charge in [0.05, 0.1) is 23.9 Å². The Hall–Kier alpha value is -3.95. The van der Waals surface area contributed by atoms with E-state index in [1.807, 2.05) is 6.92 Å². The molecule has 3 heterocycles. The van der Waals surface area contributed by atoms with Crippen LogP contribution < -0.4 is 11.2 Å². The summed E-state index contributed by atoms with van der Waals surface area (Å²) in [6.07, 6.45) is 1.42.